The summed E-state index contributed by atoms with van der Waals surface area (Å²) in [6, 6.07) is 3.85. The van der Waals surface area contributed by atoms with Gasteiger partial charge in [-0.25, -0.2) is 0 Å². The van der Waals surface area contributed by atoms with Crippen LogP contribution in [0.25, 0.3) is 0 Å². The number of nitro benzene ring substituents is 1. The second-order valence-electron chi connectivity index (χ2n) is 6.20. The lowest BCUT2D eigenvalue weighted by Gasteiger charge is -2.31. The number of carbonyl (C=O) groups excluding carboxylic acids is 2. The number of aryl methyl sites for hydroxylation is 1. The van der Waals surface area contributed by atoms with Gasteiger partial charge in [-0.05, 0) is 25.3 Å². The van der Waals surface area contributed by atoms with E-state index in [1.54, 1.807) is 29.7 Å². The zero-order chi connectivity index (χ0) is 17.3. The second kappa shape index (κ2) is 6.80. The average molecular weight is 349 g/mol. The van der Waals surface area contributed by atoms with Crippen molar-refractivity contribution in [3.05, 3.63) is 33.9 Å². The number of thioether (sulfide) groups is 1. The van der Waals surface area contributed by atoms with Crippen molar-refractivity contribution in [1.82, 2.24) is 4.90 Å². The molecule has 1 atom stereocenters. The van der Waals surface area contributed by atoms with E-state index in [1.807, 2.05) is 0 Å². The smallest absolute Gasteiger partial charge is 0.271 e. The molecule has 24 heavy (non-hydrogen) atoms. The molecular weight excluding hydrogens is 330 g/mol. The topological polar surface area (TPSA) is 92.6 Å². The van der Waals surface area contributed by atoms with E-state index in [0.717, 1.165) is 24.8 Å². The third kappa shape index (κ3) is 3.24. The van der Waals surface area contributed by atoms with E-state index in [9.17, 15) is 19.7 Å². The number of nitrogens with zero attached hydrogens (tertiary/aromatic N) is 2. The molecule has 128 valence electrons. The fraction of sp³-hybridized carbons (Fsp3) is 0.500. The Morgan fingerprint density at radius 2 is 2.12 bits per heavy atom. The van der Waals surface area contributed by atoms with Crippen molar-refractivity contribution in [2.24, 2.45) is 5.92 Å². The summed E-state index contributed by atoms with van der Waals surface area (Å²) in [4.78, 5) is 37.1. The Bertz CT molecular complexity index is 690. The number of non-ortho nitro benzene ring substituents is 1. The van der Waals surface area contributed by atoms with Gasteiger partial charge in [-0.1, -0.05) is 12.5 Å². The molecular formula is C16H19N3O4S. The van der Waals surface area contributed by atoms with Crippen LogP contribution in [0.2, 0.25) is 0 Å². The number of nitro groups is 1. The molecule has 0 bridgehead atoms. The van der Waals surface area contributed by atoms with Crippen LogP contribution in [0.4, 0.5) is 11.4 Å². The molecule has 1 saturated heterocycles. The van der Waals surface area contributed by atoms with Gasteiger partial charge in [-0.3, -0.25) is 19.7 Å². The van der Waals surface area contributed by atoms with Crippen molar-refractivity contribution in [3.8, 4) is 0 Å². The normalized spacial score (nSPS) is 20.5. The molecule has 1 aliphatic heterocycles. The fourth-order valence-corrected chi connectivity index (χ4v) is 4.00. The summed E-state index contributed by atoms with van der Waals surface area (Å²) < 4.78 is 0. The molecule has 1 N–H and O–H groups in total. The van der Waals surface area contributed by atoms with E-state index in [0.29, 0.717) is 17.3 Å². The summed E-state index contributed by atoms with van der Waals surface area (Å²) >= 11 is 1.56. The van der Waals surface area contributed by atoms with Gasteiger partial charge >= 0.3 is 0 Å². The summed E-state index contributed by atoms with van der Waals surface area (Å²) in [5.41, 5.74) is 1.10. The minimum absolute atomic E-state index is 0.0542. The van der Waals surface area contributed by atoms with E-state index in [-0.39, 0.29) is 23.4 Å². The van der Waals surface area contributed by atoms with Crippen molar-refractivity contribution >= 4 is 35.0 Å². The Hall–Kier alpha value is -2.09. The molecule has 0 aromatic heterocycles. The monoisotopic (exact) mass is 349 g/mol. The summed E-state index contributed by atoms with van der Waals surface area (Å²) in [6.45, 7) is 1.78. The molecule has 8 heteroatoms. The molecule has 2 aliphatic rings. The molecule has 1 aromatic carbocycles. The van der Waals surface area contributed by atoms with E-state index >= 15 is 0 Å². The Balaban J connectivity index is 1.73. The van der Waals surface area contributed by atoms with Crippen molar-refractivity contribution in [2.75, 3.05) is 16.9 Å². The average Bonchev–Trinajstić information content (AvgIpc) is 2.97. The van der Waals surface area contributed by atoms with Crippen LogP contribution in [0, 0.1) is 23.0 Å². The quantitative estimate of drug-likeness (QED) is 0.666. The van der Waals surface area contributed by atoms with Crippen LogP contribution in [-0.2, 0) is 9.59 Å². The van der Waals surface area contributed by atoms with Crippen molar-refractivity contribution < 1.29 is 14.5 Å². The first-order chi connectivity index (χ1) is 11.5. The van der Waals surface area contributed by atoms with Gasteiger partial charge in [0.2, 0.25) is 11.8 Å². The standard InChI is InChI=1S/C16H19N3O4S/c1-10-5-6-12(19(22)23)7-13(10)17-15(20)14-8-24-9-18(14)16(21)11-3-2-4-11/h5-7,11,14H,2-4,8-9H2,1H3,(H,17,20)/t14-/m0/s1. The van der Waals surface area contributed by atoms with Crippen LogP contribution >= 0.6 is 11.8 Å². The maximum absolute atomic E-state index is 12.6. The number of hydrogen-bond donors (Lipinski definition) is 1. The third-order valence-corrected chi connectivity index (χ3v) is 5.62. The predicted molar refractivity (Wildman–Crippen MR) is 91.8 cm³/mol. The van der Waals surface area contributed by atoms with Gasteiger partial charge in [-0.15, -0.1) is 11.8 Å². The van der Waals surface area contributed by atoms with Crippen LogP contribution < -0.4 is 5.32 Å². The molecule has 7 nitrogen and oxygen atoms in total. The van der Waals surface area contributed by atoms with Crippen molar-refractivity contribution in [3.63, 3.8) is 0 Å². The highest BCUT2D eigenvalue weighted by atomic mass is 32.2. The molecule has 1 aliphatic carbocycles. The van der Waals surface area contributed by atoms with E-state index in [1.165, 1.54) is 12.1 Å². The number of nitrogens with one attached hydrogen (secondary N) is 1. The molecule has 1 aromatic rings. The molecule has 3 rings (SSSR count). The first-order valence-corrected chi connectivity index (χ1v) is 9.07. The minimum atomic E-state index is -0.512. The van der Waals surface area contributed by atoms with Crippen LogP contribution in [0.15, 0.2) is 18.2 Å². The highest BCUT2D eigenvalue weighted by molar-refractivity contribution is 7.99. The lowest BCUT2D eigenvalue weighted by molar-refractivity contribution is -0.384. The van der Waals surface area contributed by atoms with Gasteiger partial charge in [0.1, 0.15) is 6.04 Å². The summed E-state index contributed by atoms with van der Waals surface area (Å²) in [5, 5.41) is 13.7. The highest BCUT2D eigenvalue weighted by Crippen LogP contribution is 2.32. The molecule has 2 amide bonds. The maximum atomic E-state index is 12.6. The molecule has 0 radical (unpaired) electrons. The number of anilines is 1. The number of carbonyl (C=O) groups is 2. The van der Waals surface area contributed by atoms with Crippen LogP contribution in [0.3, 0.4) is 0 Å². The maximum Gasteiger partial charge on any atom is 0.271 e. The zero-order valence-corrected chi connectivity index (χ0v) is 14.2. The number of hydrogen-bond acceptors (Lipinski definition) is 5. The SMILES string of the molecule is Cc1ccc([N+](=O)[O-])cc1NC(=O)[C@@H]1CSCN1C(=O)C1CCC1. The predicted octanol–water partition coefficient (Wildman–Crippen LogP) is 2.54. The molecule has 0 unspecified atom stereocenters. The molecule has 2 fully saturated rings. The van der Waals surface area contributed by atoms with E-state index in [2.05, 4.69) is 5.32 Å². The Labute approximate surface area is 143 Å². The Kier molecular flexibility index (Phi) is 4.75. The van der Waals surface area contributed by atoms with Gasteiger partial charge in [0.25, 0.3) is 5.69 Å². The lowest BCUT2D eigenvalue weighted by Crippen LogP contribution is -2.47. The number of benzene rings is 1. The lowest BCUT2D eigenvalue weighted by atomic mass is 9.84. The Morgan fingerprint density at radius 1 is 1.38 bits per heavy atom. The third-order valence-electron chi connectivity index (χ3n) is 4.61. The van der Waals surface area contributed by atoms with Crippen molar-refractivity contribution in [2.45, 2.75) is 32.2 Å². The van der Waals surface area contributed by atoms with E-state index in [4.69, 9.17) is 0 Å². The Morgan fingerprint density at radius 3 is 2.75 bits per heavy atom. The zero-order valence-electron chi connectivity index (χ0n) is 13.4. The van der Waals surface area contributed by atoms with Crippen molar-refractivity contribution in [1.29, 1.82) is 0 Å². The molecule has 1 saturated carbocycles. The largest absolute Gasteiger partial charge is 0.324 e. The molecule has 1 heterocycles. The highest BCUT2D eigenvalue weighted by Gasteiger charge is 2.39. The van der Waals surface area contributed by atoms with Gasteiger partial charge in [0.05, 0.1) is 16.5 Å². The van der Waals surface area contributed by atoms with Crippen LogP contribution in [-0.4, -0.2) is 39.3 Å². The first-order valence-electron chi connectivity index (χ1n) is 7.91. The summed E-state index contributed by atoms with van der Waals surface area (Å²) in [7, 11) is 0. The second-order valence-corrected chi connectivity index (χ2v) is 7.20. The minimum Gasteiger partial charge on any atom is -0.324 e. The number of amides is 2. The first kappa shape index (κ1) is 16.8. The van der Waals surface area contributed by atoms with Gasteiger partial charge < -0.3 is 10.2 Å². The van der Waals surface area contributed by atoms with Crippen LogP contribution in [0.5, 0.6) is 0 Å². The number of rotatable bonds is 4. The summed E-state index contributed by atoms with van der Waals surface area (Å²) in [5.74, 6) is 0.913. The van der Waals surface area contributed by atoms with Crippen LogP contribution in [0.1, 0.15) is 24.8 Å². The summed E-state index contributed by atoms with van der Waals surface area (Å²) in [6.07, 6.45) is 2.87. The van der Waals surface area contributed by atoms with E-state index < -0.39 is 11.0 Å². The van der Waals surface area contributed by atoms with Gasteiger partial charge in [-0.2, -0.15) is 0 Å². The van der Waals surface area contributed by atoms with Gasteiger partial charge in [0, 0.05) is 23.8 Å². The fourth-order valence-electron chi connectivity index (χ4n) is 2.84. The van der Waals surface area contributed by atoms with Gasteiger partial charge in [0.15, 0.2) is 0 Å². The molecule has 0 spiro atoms.